The molecule has 1 heterocycles. The Bertz CT molecular complexity index is 572. The Morgan fingerprint density at radius 1 is 1.45 bits per heavy atom. The summed E-state index contributed by atoms with van der Waals surface area (Å²) < 4.78 is 13.7. The summed E-state index contributed by atoms with van der Waals surface area (Å²) >= 11 is 0. The Morgan fingerprint density at radius 3 is 2.70 bits per heavy atom. The number of benzene rings is 1. The van der Waals surface area contributed by atoms with Gasteiger partial charge in [0.1, 0.15) is 11.9 Å². The number of halogens is 1. The molecule has 2 amide bonds. The van der Waals surface area contributed by atoms with Crippen LogP contribution in [0.4, 0.5) is 10.1 Å². The molecule has 2 atom stereocenters. The van der Waals surface area contributed by atoms with Gasteiger partial charge in [0.15, 0.2) is 0 Å². The summed E-state index contributed by atoms with van der Waals surface area (Å²) in [6.45, 7) is 4.77. The van der Waals surface area contributed by atoms with Crippen LogP contribution >= 0.6 is 0 Å². The number of anilines is 1. The lowest BCUT2D eigenvalue weighted by molar-refractivity contribution is -0.132. The first-order chi connectivity index (χ1) is 9.31. The summed E-state index contributed by atoms with van der Waals surface area (Å²) in [6.07, 6.45) is -0.896. The minimum absolute atomic E-state index is 0.00228. The second-order valence-electron chi connectivity index (χ2n) is 5.05. The predicted molar refractivity (Wildman–Crippen MR) is 71.7 cm³/mol. The predicted octanol–water partition coefficient (Wildman–Crippen LogP) is 1.04. The minimum Gasteiger partial charge on any atom is -0.389 e. The van der Waals surface area contributed by atoms with E-state index in [-0.39, 0.29) is 6.54 Å². The van der Waals surface area contributed by atoms with Crippen molar-refractivity contribution >= 4 is 17.5 Å². The van der Waals surface area contributed by atoms with Gasteiger partial charge in [0.05, 0.1) is 12.6 Å². The number of hydrogen-bond acceptors (Lipinski definition) is 4. The summed E-state index contributed by atoms with van der Waals surface area (Å²) in [6, 6.07) is 2.24. The van der Waals surface area contributed by atoms with Crippen molar-refractivity contribution in [1.82, 2.24) is 5.32 Å². The van der Waals surface area contributed by atoms with Crippen molar-refractivity contribution in [2.75, 3.05) is 11.4 Å². The molecular formula is C14H17FN2O3. The number of piperazine rings is 1. The van der Waals surface area contributed by atoms with Gasteiger partial charge in [-0.1, -0.05) is 0 Å². The molecule has 20 heavy (non-hydrogen) atoms. The van der Waals surface area contributed by atoms with Crippen LogP contribution in [0.15, 0.2) is 12.1 Å². The van der Waals surface area contributed by atoms with Crippen LogP contribution in [0.3, 0.4) is 0 Å². The van der Waals surface area contributed by atoms with E-state index < -0.39 is 29.8 Å². The highest BCUT2D eigenvalue weighted by Crippen LogP contribution is 2.31. The molecule has 1 aliphatic rings. The lowest BCUT2D eigenvalue weighted by atomic mass is 10.0. The number of carbonyl (C=O) groups is 2. The maximum absolute atomic E-state index is 13.7. The summed E-state index contributed by atoms with van der Waals surface area (Å²) in [5.74, 6) is -1.24. The van der Waals surface area contributed by atoms with Gasteiger partial charge in [-0.05, 0) is 38.5 Å². The van der Waals surface area contributed by atoms with Crippen LogP contribution in [-0.2, 0) is 9.59 Å². The molecule has 0 aliphatic carbocycles. The van der Waals surface area contributed by atoms with Gasteiger partial charge < -0.3 is 10.0 Å². The summed E-state index contributed by atoms with van der Waals surface area (Å²) in [5.41, 5.74) is 1.27. The molecule has 1 aromatic rings. The molecule has 0 radical (unpaired) electrons. The van der Waals surface area contributed by atoms with Crippen LogP contribution in [-0.4, -0.2) is 29.5 Å². The number of amides is 2. The standard InChI is InChI=1S/C14H17FN2O3/c1-7-4-12(10(9(3)18)5-11(7)15)17-6-13(19)16-14(20)8(17)2/h4-5,8-9,18H,6H2,1-3H3,(H,16,19,20)/t8?,9-/m1/s1. The number of aryl methyl sites for hydroxylation is 1. The Balaban J connectivity index is 2.52. The number of aliphatic hydroxyl groups excluding tert-OH is 1. The zero-order valence-electron chi connectivity index (χ0n) is 11.6. The SMILES string of the molecule is Cc1cc(N2CC(=O)NC(=O)C2C)c([C@@H](C)O)cc1F. The first kappa shape index (κ1) is 14.5. The molecule has 0 aromatic heterocycles. The van der Waals surface area contributed by atoms with E-state index in [0.29, 0.717) is 16.8 Å². The van der Waals surface area contributed by atoms with Crippen molar-refractivity contribution < 1.29 is 19.1 Å². The third-order valence-corrected chi connectivity index (χ3v) is 3.49. The highest BCUT2D eigenvalue weighted by Gasteiger charge is 2.32. The van der Waals surface area contributed by atoms with Crippen molar-refractivity contribution in [2.45, 2.75) is 32.9 Å². The van der Waals surface area contributed by atoms with Gasteiger partial charge in [-0.3, -0.25) is 14.9 Å². The number of imide groups is 1. The molecule has 0 bridgehead atoms. The Kier molecular flexibility index (Phi) is 3.76. The van der Waals surface area contributed by atoms with E-state index in [1.165, 1.54) is 13.0 Å². The molecule has 2 N–H and O–H groups in total. The third-order valence-electron chi connectivity index (χ3n) is 3.49. The van der Waals surface area contributed by atoms with Gasteiger partial charge in [0, 0.05) is 11.3 Å². The Morgan fingerprint density at radius 2 is 2.10 bits per heavy atom. The fourth-order valence-corrected chi connectivity index (χ4v) is 2.27. The molecule has 0 saturated carbocycles. The molecule has 1 aromatic carbocycles. The van der Waals surface area contributed by atoms with Gasteiger partial charge in [-0.25, -0.2) is 4.39 Å². The van der Waals surface area contributed by atoms with Crippen LogP contribution in [0.1, 0.15) is 31.1 Å². The van der Waals surface area contributed by atoms with Crippen LogP contribution < -0.4 is 10.2 Å². The molecule has 1 aliphatic heterocycles. The largest absolute Gasteiger partial charge is 0.389 e. The van der Waals surface area contributed by atoms with Crippen molar-refractivity contribution in [3.05, 3.63) is 29.1 Å². The number of nitrogens with zero attached hydrogens (tertiary/aromatic N) is 1. The minimum atomic E-state index is -0.896. The van der Waals surface area contributed by atoms with E-state index in [9.17, 15) is 19.1 Å². The molecule has 6 heteroatoms. The van der Waals surface area contributed by atoms with E-state index in [4.69, 9.17) is 0 Å². The van der Waals surface area contributed by atoms with Gasteiger partial charge >= 0.3 is 0 Å². The second kappa shape index (κ2) is 5.20. The third kappa shape index (κ3) is 2.51. The average molecular weight is 280 g/mol. The second-order valence-corrected chi connectivity index (χ2v) is 5.05. The summed E-state index contributed by atoms with van der Waals surface area (Å²) in [4.78, 5) is 24.8. The van der Waals surface area contributed by atoms with E-state index in [1.807, 2.05) is 0 Å². The molecule has 5 nitrogen and oxygen atoms in total. The smallest absolute Gasteiger partial charge is 0.249 e. The maximum Gasteiger partial charge on any atom is 0.249 e. The monoisotopic (exact) mass is 280 g/mol. The molecule has 1 fully saturated rings. The van der Waals surface area contributed by atoms with Gasteiger partial charge in [-0.15, -0.1) is 0 Å². The quantitative estimate of drug-likeness (QED) is 0.794. The van der Waals surface area contributed by atoms with Crippen LogP contribution in [0.5, 0.6) is 0 Å². The van der Waals surface area contributed by atoms with E-state index in [1.54, 1.807) is 24.8 Å². The fourth-order valence-electron chi connectivity index (χ4n) is 2.27. The van der Waals surface area contributed by atoms with Gasteiger partial charge in [0.2, 0.25) is 11.8 Å². The van der Waals surface area contributed by atoms with Crippen molar-refractivity contribution in [1.29, 1.82) is 0 Å². The number of nitrogens with one attached hydrogen (secondary N) is 1. The lowest BCUT2D eigenvalue weighted by Crippen LogP contribution is -2.57. The first-order valence-corrected chi connectivity index (χ1v) is 6.39. The van der Waals surface area contributed by atoms with Gasteiger partial charge in [0.25, 0.3) is 0 Å². The van der Waals surface area contributed by atoms with Gasteiger partial charge in [-0.2, -0.15) is 0 Å². The molecule has 0 spiro atoms. The first-order valence-electron chi connectivity index (χ1n) is 6.39. The number of aliphatic hydroxyl groups is 1. The number of rotatable bonds is 2. The van der Waals surface area contributed by atoms with E-state index in [2.05, 4.69) is 5.32 Å². The highest BCUT2D eigenvalue weighted by molar-refractivity contribution is 6.04. The van der Waals surface area contributed by atoms with Crippen LogP contribution in [0.25, 0.3) is 0 Å². The van der Waals surface area contributed by atoms with Crippen molar-refractivity contribution in [2.24, 2.45) is 0 Å². The molecule has 1 unspecified atom stereocenters. The summed E-state index contributed by atoms with van der Waals surface area (Å²) in [7, 11) is 0. The highest BCUT2D eigenvalue weighted by atomic mass is 19.1. The lowest BCUT2D eigenvalue weighted by Gasteiger charge is -2.35. The number of hydrogen-bond donors (Lipinski definition) is 2. The van der Waals surface area contributed by atoms with Crippen LogP contribution in [0, 0.1) is 12.7 Å². The van der Waals surface area contributed by atoms with Crippen molar-refractivity contribution in [3.8, 4) is 0 Å². The normalized spacial score (nSPS) is 20.9. The molecular weight excluding hydrogens is 263 g/mol. The van der Waals surface area contributed by atoms with E-state index >= 15 is 0 Å². The molecule has 1 saturated heterocycles. The zero-order valence-corrected chi connectivity index (χ0v) is 11.6. The fraction of sp³-hybridized carbons (Fsp3) is 0.429. The molecule has 2 rings (SSSR count). The van der Waals surface area contributed by atoms with E-state index in [0.717, 1.165) is 0 Å². The van der Waals surface area contributed by atoms with Crippen molar-refractivity contribution in [3.63, 3.8) is 0 Å². The maximum atomic E-state index is 13.7. The zero-order chi connectivity index (χ0) is 15.0. The molecule has 108 valence electrons. The Labute approximate surface area is 116 Å². The average Bonchev–Trinajstić information content (AvgIpc) is 2.36. The Hall–Kier alpha value is -1.95. The summed E-state index contributed by atoms with van der Waals surface area (Å²) in [5, 5.41) is 12.0. The topological polar surface area (TPSA) is 69.6 Å². The van der Waals surface area contributed by atoms with Crippen LogP contribution in [0.2, 0.25) is 0 Å². The number of carbonyl (C=O) groups excluding carboxylic acids is 2.